The summed E-state index contributed by atoms with van der Waals surface area (Å²) in [4.78, 5) is 26.2. The van der Waals surface area contributed by atoms with Crippen molar-refractivity contribution in [3.8, 4) is 0 Å². The normalized spacial score (nSPS) is 16.1. The summed E-state index contributed by atoms with van der Waals surface area (Å²) in [5, 5.41) is 7.83. The van der Waals surface area contributed by atoms with Crippen LogP contribution >= 0.6 is 0 Å². The quantitative estimate of drug-likeness (QED) is 0.823. The van der Waals surface area contributed by atoms with E-state index in [2.05, 4.69) is 5.32 Å². The van der Waals surface area contributed by atoms with Gasteiger partial charge in [-0.1, -0.05) is 13.8 Å². The van der Waals surface area contributed by atoms with Crippen LogP contribution in [-0.4, -0.2) is 38.2 Å². The van der Waals surface area contributed by atoms with Gasteiger partial charge in [-0.3, -0.25) is 9.59 Å². The zero-order chi connectivity index (χ0) is 18.6. The van der Waals surface area contributed by atoms with Gasteiger partial charge in [0, 0.05) is 31.1 Å². The highest BCUT2D eigenvalue weighted by molar-refractivity contribution is 7.89. The molecular weight excluding hydrogens is 342 g/mol. The standard InChI is InChI=1S/C17H25N3O4S/c1-12(2)11-16(21)20-9-7-13(8-10-20)17(22)19-14-3-5-15(6-4-14)25(18,23)24/h3-6,12-13H,7-11H2,1-2H3,(H,19,22)(H2,18,23,24). The van der Waals surface area contributed by atoms with Gasteiger partial charge in [0.15, 0.2) is 0 Å². The smallest absolute Gasteiger partial charge is 0.238 e. The predicted molar refractivity (Wildman–Crippen MR) is 95.2 cm³/mol. The van der Waals surface area contributed by atoms with Crippen molar-refractivity contribution in [2.24, 2.45) is 17.0 Å². The van der Waals surface area contributed by atoms with Crippen LogP contribution in [0, 0.1) is 11.8 Å². The second kappa shape index (κ2) is 7.97. The molecule has 3 N–H and O–H groups in total. The second-order valence-corrected chi connectivity index (χ2v) is 8.37. The Bertz CT molecular complexity index is 721. The summed E-state index contributed by atoms with van der Waals surface area (Å²) < 4.78 is 22.4. The van der Waals surface area contributed by atoms with E-state index in [1.165, 1.54) is 24.3 Å². The summed E-state index contributed by atoms with van der Waals surface area (Å²) >= 11 is 0. The Kier molecular flexibility index (Phi) is 6.18. The number of benzene rings is 1. The summed E-state index contributed by atoms with van der Waals surface area (Å²) in [6.07, 6.45) is 1.79. The molecule has 2 rings (SSSR count). The van der Waals surface area contributed by atoms with Crippen molar-refractivity contribution in [2.75, 3.05) is 18.4 Å². The zero-order valence-corrected chi connectivity index (χ0v) is 15.4. The van der Waals surface area contributed by atoms with Gasteiger partial charge >= 0.3 is 0 Å². The maximum Gasteiger partial charge on any atom is 0.238 e. The highest BCUT2D eigenvalue weighted by Gasteiger charge is 2.27. The molecule has 138 valence electrons. The third-order valence-electron chi connectivity index (χ3n) is 4.25. The number of nitrogens with two attached hydrogens (primary N) is 1. The van der Waals surface area contributed by atoms with Gasteiger partial charge in [-0.15, -0.1) is 0 Å². The minimum absolute atomic E-state index is 0.00229. The Hall–Kier alpha value is -1.93. The molecule has 1 aromatic carbocycles. The number of primary sulfonamides is 1. The molecule has 1 saturated heterocycles. The SMILES string of the molecule is CC(C)CC(=O)N1CCC(C(=O)Nc2ccc(S(N)(=O)=O)cc2)CC1. The van der Waals surface area contributed by atoms with Crippen molar-refractivity contribution in [3.05, 3.63) is 24.3 Å². The van der Waals surface area contributed by atoms with Gasteiger partial charge in [-0.05, 0) is 43.0 Å². The van der Waals surface area contributed by atoms with E-state index in [9.17, 15) is 18.0 Å². The monoisotopic (exact) mass is 367 g/mol. The first kappa shape index (κ1) is 19.4. The van der Waals surface area contributed by atoms with Gasteiger partial charge in [0.25, 0.3) is 0 Å². The molecule has 0 radical (unpaired) electrons. The van der Waals surface area contributed by atoms with Crippen LogP contribution in [0.1, 0.15) is 33.1 Å². The molecule has 0 bridgehead atoms. The van der Waals surface area contributed by atoms with Gasteiger partial charge < -0.3 is 10.2 Å². The molecule has 1 aliphatic rings. The van der Waals surface area contributed by atoms with E-state index in [0.717, 1.165) is 0 Å². The number of piperidine rings is 1. The largest absolute Gasteiger partial charge is 0.343 e. The maximum absolute atomic E-state index is 12.3. The van der Waals surface area contributed by atoms with Crippen LogP contribution in [0.15, 0.2) is 29.2 Å². The van der Waals surface area contributed by atoms with Crippen LogP contribution in [0.25, 0.3) is 0 Å². The molecule has 2 amide bonds. The fraction of sp³-hybridized carbons (Fsp3) is 0.529. The molecule has 1 heterocycles. The van der Waals surface area contributed by atoms with E-state index in [1.54, 1.807) is 0 Å². The van der Waals surface area contributed by atoms with E-state index in [-0.39, 0.29) is 22.6 Å². The lowest BCUT2D eigenvalue weighted by Gasteiger charge is -2.31. The van der Waals surface area contributed by atoms with Crippen LogP contribution in [0.3, 0.4) is 0 Å². The molecule has 0 unspecified atom stereocenters. The molecule has 0 aliphatic carbocycles. The average Bonchev–Trinajstić information content (AvgIpc) is 2.54. The highest BCUT2D eigenvalue weighted by Crippen LogP contribution is 2.21. The number of carbonyl (C=O) groups is 2. The molecule has 0 aromatic heterocycles. The lowest BCUT2D eigenvalue weighted by atomic mass is 9.95. The number of likely N-dealkylation sites (tertiary alicyclic amines) is 1. The van der Waals surface area contributed by atoms with E-state index in [1.807, 2.05) is 18.7 Å². The number of nitrogens with zero attached hydrogens (tertiary/aromatic N) is 1. The summed E-state index contributed by atoms with van der Waals surface area (Å²) in [5.41, 5.74) is 0.524. The molecule has 1 aliphatic heterocycles. The van der Waals surface area contributed by atoms with Gasteiger partial charge in [-0.25, -0.2) is 13.6 Å². The third kappa shape index (κ3) is 5.54. The molecule has 0 saturated carbocycles. The second-order valence-electron chi connectivity index (χ2n) is 6.81. The van der Waals surface area contributed by atoms with Gasteiger partial charge in [-0.2, -0.15) is 0 Å². The first-order valence-electron chi connectivity index (χ1n) is 8.38. The summed E-state index contributed by atoms with van der Waals surface area (Å²) in [7, 11) is -3.74. The fourth-order valence-electron chi connectivity index (χ4n) is 2.84. The molecule has 0 spiro atoms. The number of hydrogen-bond acceptors (Lipinski definition) is 4. The highest BCUT2D eigenvalue weighted by atomic mass is 32.2. The number of nitrogens with one attached hydrogen (secondary N) is 1. The van der Waals surface area contributed by atoms with Gasteiger partial charge in [0.1, 0.15) is 0 Å². The van der Waals surface area contributed by atoms with Gasteiger partial charge in [0.2, 0.25) is 21.8 Å². The molecule has 25 heavy (non-hydrogen) atoms. The summed E-state index contributed by atoms with van der Waals surface area (Å²) in [6, 6.07) is 5.74. The Balaban J connectivity index is 1.87. The van der Waals surface area contributed by atoms with E-state index in [0.29, 0.717) is 44.0 Å². The summed E-state index contributed by atoms with van der Waals surface area (Å²) in [5.74, 6) is 0.210. The average molecular weight is 367 g/mol. The number of sulfonamides is 1. The zero-order valence-electron chi connectivity index (χ0n) is 14.6. The molecule has 0 atom stereocenters. The van der Waals surface area contributed by atoms with E-state index >= 15 is 0 Å². The van der Waals surface area contributed by atoms with E-state index < -0.39 is 10.0 Å². The Morgan fingerprint density at radius 2 is 1.76 bits per heavy atom. The molecule has 7 nitrogen and oxygen atoms in total. The Morgan fingerprint density at radius 3 is 2.24 bits per heavy atom. The van der Waals surface area contributed by atoms with Crippen molar-refractivity contribution in [1.82, 2.24) is 4.90 Å². The lowest BCUT2D eigenvalue weighted by Crippen LogP contribution is -2.41. The molecule has 1 fully saturated rings. The Labute approximate surface area is 148 Å². The number of hydrogen-bond donors (Lipinski definition) is 2. The molecular formula is C17H25N3O4S. The van der Waals surface area contributed by atoms with Crippen LogP contribution in [0.5, 0.6) is 0 Å². The predicted octanol–water partition coefficient (Wildman–Crippen LogP) is 1.56. The maximum atomic E-state index is 12.3. The van der Waals surface area contributed by atoms with Crippen molar-refractivity contribution in [1.29, 1.82) is 0 Å². The van der Waals surface area contributed by atoms with Crippen molar-refractivity contribution in [2.45, 2.75) is 38.0 Å². The lowest BCUT2D eigenvalue weighted by molar-refractivity contribution is -0.135. The van der Waals surface area contributed by atoms with Crippen LogP contribution in [0.2, 0.25) is 0 Å². The van der Waals surface area contributed by atoms with Crippen molar-refractivity contribution < 1.29 is 18.0 Å². The number of rotatable bonds is 5. The number of carbonyl (C=O) groups excluding carboxylic acids is 2. The van der Waals surface area contributed by atoms with Crippen molar-refractivity contribution >= 4 is 27.5 Å². The van der Waals surface area contributed by atoms with Gasteiger partial charge in [0.05, 0.1) is 4.90 Å². The fourth-order valence-corrected chi connectivity index (χ4v) is 3.36. The Morgan fingerprint density at radius 1 is 1.20 bits per heavy atom. The molecule has 8 heteroatoms. The van der Waals surface area contributed by atoms with Crippen LogP contribution in [0.4, 0.5) is 5.69 Å². The first-order valence-corrected chi connectivity index (χ1v) is 9.93. The number of amides is 2. The van der Waals surface area contributed by atoms with E-state index in [4.69, 9.17) is 5.14 Å². The number of anilines is 1. The minimum atomic E-state index is -3.74. The summed E-state index contributed by atoms with van der Waals surface area (Å²) in [6.45, 7) is 5.21. The first-order chi connectivity index (χ1) is 11.7. The van der Waals surface area contributed by atoms with Crippen LogP contribution in [-0.2, 0) is 19.6 Å². The topological polar surface area (TPSA) is 110 Å². The molecule has 1 aromatic rings. The third-order valence-corrected chi connectivity index (χ3v) is 5.18. The van der Waals surface area contributed by atoms with Crippen LogP contribution < -0.4 is 10.5 Å². The van der Waals surface area contributed by atoms with Crippen molar-refractivity contribution in [3.63, 3.8) is 0 Å². The minimum Gasteiger partial charge on any atom is -0.343 e.